The minimum Gasteiger partial charge on any atom is -0.463 e. The third kappa shape index (κ3) is 5.87. The Balaban J connectivity index is 1.20. The van der Waals surface area contributed by atoms with Crippen LogP contribution in [-0.2, 0) is 36.7 Å². The Bertz CT molecular complexity index is 2010. The molecule has 0 saturated carbocycles. The predicted octanol–water partition coefficient (Wildman–Crippen LogP) is -1.62. The molecule has 7 heterocycles. The van der Waals surface area contributed by atoms with Gasteiger partial charge in [-0.15, -0.1) is 6.42 Å². The Morgan fingerprint density at radius 3 is 2.25 bits per heavy atom. The van der Waals surface area contributed by atoms with Crippen molar-refractivity contribution in [2.24, 2.45) is 0 Å². The first kappa shape index (κ1) is 32.7. The number of terminal acetylenes is 1. The number of aliphatic hydroxyl groups excluding tert-OH is 2. The number of rotatable bonds is 4. The van der Waals surface area contributed by atoms with E-state index in [2.05, 4.69) is 35.8 Å². The Kier molecular flexibility index (Phi) is 8.31. The van der Waals surface area contributed by atoms with Gasteiger partial charge in [-0.05, 0) is 0 Å². The smallest absolute Gasteiger partial charge is 0.463 e. The number of phosphoric ester groups is 2. The predicted molar refractivity (Wildman–Crippen MR) is 155 cm³/mol. The molecule has 3 aliphatic heterocycles. The van der Waals surface area contributed by atoms with Gasteiger partial charge in [0.1, 0.15) is 48.5 Å². The van der Waals surface area contributed by atoms with Crippen molar-refractivity contribution in [3.05, 3.63) is 19.0 Å². The molecule has 3 fully saturated rings. The summed E-state index contributed by atoms with van der Waals surface area (Å²) in [7, 11) is -10.2. The molecule has 10 atom stereocenters. The van der Waals surface area contributed by atoms with E-state index in [0.717, 1.165) is 6.33 Å². The SMILES string of the molecule is C#CCOc1nc(N)nc2c1ncn2[C@@H]1O[C@@H]2COP(=O)(O)OC3C(O)C(n4cnc5c(N)ncnc54)O[C@@H]3COP(=O)(O)OC1C2O. The van der Waals surface area contributed by atoms with Crippen molar-refractivity contribution in [1.82, 2.24) is 39.0 Å². The van der Waals surface area contributed by atoms with Crippen molar-refractivity contribution >= 4 is 49.7 Å². The number of nitrogens with zero attached hydrogens (tertiary/aromatic N) is 8. The number of ether oxygens (including phenoxy) is 3. The number of nitrogens with two attached hydrogens (primary N) is 2. The summed E-state index contributed by atoms with van der Waals surface area (Å²) in [6, 6.07) is 0. The van der Waals surface area contributed by atoms with Crippen LogP contribution in [0.5, 0.6) is 5.88 Å². The van der Waals surface area contributed by atoms with Crippen LogP contribution in [0.15, 0.2) is 19.0 Å². The lowest BCUT2D eigenvalue weighted by Gasteiger charge is -2.25. The average molecular weight is 712 g/mol. The van der Waals surface area contributed by atoms with Crippen LogP contribution in [0.2, 0.25) is 0 Å². The fourth-order valence-corrected chi connectivity index (χ4v) is 7.37. The summed E-state index contributed by atoms with van der Waals surface area (Å²) >= 11 is 0. The highest BCUT2D eigenvalue weighted by molar-refractivity contribution is 7.47. The second kappa shape index (κ2) is 12.2. The number of hydrogen-bond acceptors (Lipinski definition) is 19. The van der Waals surface area contributed by atoms with E-state index in [1.54, 1.807) is 0 Å². The monoisotopic (exact) mass is 712 g/mol. The highest BCUT2D eigenvalue weighted by Crippen LogP contribution is 2.53. The number of nitrogen functional groups attached to an aromatic ring is 2. The molecule has 48 heavy (non-hydrogen) atoms. The van der Waals surface area contributed by atoms with Crippen molar-refractivity contribution < 1.29 is 61.4 Å². The third-order valence-electron chi connectivity index (χ3n) is 7.57. The fraction of sp³-hybridized carbons (Fsp3) is 0.478. The number of anilines is 2. The molecule has 4 aromatic heterocycles. The molecule has 4 aromatic rings. The lowest BCUT2D eigenvalue weighted by atomic mass is 10.1. The maximum atomic E-state index is 13.3. The van der Waals surface area contributed by atoms with Crippen LogP contribution in [0.4, 0.5) is 11.8 Å². The van der Waals surface area contributed by atoms with Crippen molar-refractivity contribution in [3.8, 4) is 18.2 Å². The summed E-state index contributed by atoms with van der Waals surface area (Å²) in [6.45, 7) is -1.81. The molecule has 256 valence electrons. The number of phosphoric acid groups is 2. The Morgan fingerprint density at radius 1 is 0.875 bits per heavy atom. The lowest BCUT2D eigenvalue weighted by molar-refractivity contribution is -0.0672. The van der Waals surface area contributed by atoms with Gasteiger partial charge in [0.2, 0.25) is 11.8 Å². The molecule has 0 spiro atoms. The molecule has 8 N–H and O–H groups in total. The van der Waals surface area contributed by atoms with Crippen LogP contribution in [0.25, 0.3) is 22.3 Å². The van der Waals surface area contributed by atoms with Crippen molar-refractivity contribution in [2.45, 2.75) is 49.1 Å². The summed E-state index contributed by atoms with van der Waals surface area (Å²) in [6.07, 6.45) is -3.77. The van der Waals surface area contributed by atoms with Gasteiger partial charge in [0.25, 0.3) is 0 Å². The number of hydrogen-bond donors (Lipinski definition) is 6. The first-order chi connectivity index (χ1) is 22.9. The van der Waals surface area contributed by atoms with Crippen LogP contribution in [0.1, 0.15) is 12.5 Å². The molecular formula is C23H26N10O13P2. The lowest BCUT2D eigenvalue weighted by Crippen LogP contribution is -2.36. The van der Waals surface area contributed by atoms with E-state index in [1.807, 2.05) is 0 Å². The summed E-state index contributed by atoms with van der Waals surface area (Å²) in [5.41, 5.74) is 12.1. The second-order valence-corrected chi connectivity index (χ2v) is 13.4. The number of aromatic nitrogens is 8. The average Bonchev–Trinajstić information content (AvgIpc) is 3.79. The molecular weight excluding hydrogens is 686 g/mol. The van der Waals surface area contributed by atoms with Crippen molar-refractivity contribution in [3.63, 3.8) is 0 Å². The maximum Gasteiger partial charge on any atom is 0.472 e. The van der Waals surface area contributed by atoms with Gasteiger partial charge in [0.05, 0.1) is 25.9 Å². The van der Waals surface area contributed by atoms with Gasteiger partial charge in [0, 0.05) is 0 Å². The molecule has 7 unspecified atom stereocenters. The highest BCUT2D eigenvalue weighted by Gasteiger charge is 2.54. The van der Waals surface area contributed by atoms with Gasteiger partial charge >= 0.3 is 15.6 Å². The van der Waals surface area contributed by atoms with Crippen LogP contribution >= 0.6 is 15.6 Å². The Morgan fingerprint density at radius 2 is 1.52 bits per heavy atom. The van der Waals surface area contributed by atoms with Crippen LogP contribution in [0.3, 0.4) is 0 Å². The van der Waals surface area contributed by atoms with Gasteiger partial charge < -0.3 is 45.7 Å². The standard InChI is InChI=1S/C23H26N10O13P2/c1-2-3-40-20-12-19(30-23(25)31-20)33(8-29-12)22-16-13(34)9(43-22)4-41-47(36,37)45-15-10(5-42-48(38,39)46-16)44-21(14(15)35)32-7-28-11-17(24)26-6-27-18(11)32/h1,6-10,13-16,21-22,34-35H,3-5H2,(H,36,37)(H,38,39)(H2,24,26,27)(H2,25,30,31)/t9-,10-,13?,14?,15?,16?,21?,22-/m1/s1. The van der Waals surface area contributed by atoms with Gasteiger partial charge in [-0.1, -0.05) is 5.92 Å². The number of fused-ring (bicyclic) bond motifs is 5. The molecule has 25 heteroatoms. The molecule has 0 amide bonds. The zero-order valence-corrected chi connectivity index (χ0v) is 25.9. The largest absolute Gasteiger partial charge is 0.472 e. The van der Waals surface area contributed by atoms with E-state index < -0.39 is 77.9 Å². The summed E-state index contributed by atoms with van der Waals surface area (Å²) < 4.78 is 67.1. The van der Waals surface area contributed by atoms with Crippen LogP contribution < -0.4 is 16.2 Å². The first-order valence-electron chi connectivity index (χ1n) is 13.8. The molecule has 23 nitrogen and oxygen atoms in total. The minimum atomic E-state index is -5.12. The van der Waals surface area contributed by atoms with Gasteiger partial charge in [-0.25, -0.2) is 29.1 Å². The normalized spacial score (nSPS) is 35.8. The quantitative estimate of drug-likeness (QED) is 0.102. The number of imidazole rings is 2. The highest BCUT2D eigenvalue weighted by atomic mass is 31.2. The fourth-order valence-electron chi connectivity index (χ4n) is 5.47. The van der Waals surface area contributed by atoms with Gasteiger partial charge in [-0.3, -0.25) is 27.2 Å². The molecule has 3 aliphatic rings. The molecule has 0 radical (unpaired) electrons. The minimum absolute atomic E-state index is 0.00543. The second-order valence-electron chi connectivity index (χ2n) is 10.6. The molecule has 0 aromatic carbocycles. The topological polar surface area (TPSA) is 319 Å². The van der Waals surface area contributed by atoms with Gasteiger partial charge in [0.15, 0.2) is 41.7 Å². The Labute approximate surface area is 267 Å². The first-order valence-corrected chi connectivity index (χ1v) is 16.8. The molecule has 0 aliphatic carbocycles. The summed E-state index contributed by atoms with van der Waals surface area (Å²) in [5.74, 6) is 1.98. The van der Waals surface area contributed by atoms with E-state index in [9.17, 15) is 29.1 Å². The van der Waals surface area contributed by atoms with E-state index in [1.165, 1.54) is 21.8 Å². The van der Waals surface area contributed by atoms with Gasteiger partial charge in [-0.2, -0.15) is 9.97 Å². The summed E-state index contributed by atoms with van der Waals surface area (Å²) in [5, 5.41) is 22.3. The van der Waals surface area contributed by atoms with E-state index in [0.29, 0.717) is 0 Å². The third-order valence-corrected chi connectivity index (χ3v) is 9.54. The van der Waals surface area contributed by atoms with Crippen LogP contribution in [-0.4, -0.2) is 115 Å². The molecule has 2 bridgehead atoms. The van der Waals surface area contributed by atoms with Crippen molar-refractivity contribution in [1.29, 1.82) is 0 Å². The zero-order chi connectivity index (χ0) is 34.0. The zero-order valence-electron chi connectivity index (χ0n) is 24.1. The summed E-state index contributed by atoms with van der Waals surface area (Å²) in [4.78, 5) is 45.8. The number of aliphatic hydroxyl groups is 2. The Hall–Kier alpha value is -3.88. The van der Waals surface area contributed by atoms with E-state index in [-0.39, 0.29) is 46.6 Å². The molecule has 3 saturated heterocycles. The van der Waals surface area contributed by atoms with E-state index >= 15 is 0 Å². The maximum absolute atomic E-state index is 13.3. The molecule has 7 rings (SSSR count). The van der Waals surface area contributed by atoms with Crippen molar-refractivity contribution in [2.75, 3.05) is 31.3 Å². The van der Waals surface area contributed by atoms with Crippen LogP contribution in [0, 0.1) is 12.3 Å². The van der Waals surface area contributed by atoms with E-state index in [4.69, 9.17) is 50.2 Å².